The molecule has 0 aliphatic carbocycles. The quantitative estimate of drug-likeness (QED) is 0.316. The van der Waals surface area contributed by atoms with E-state index in [1.54, 1.807) is 0 Å². The summed E-state index contributed by atoms with van der Waals surface area (Å²) in [6.07, 6.45) is 17.6. The molecule has 0 aliphatic rings. The summed E-state index contributed by atoms with van der Waals surface area (Å²) in [6, 6.07) is 0. The molecule has 1 atom stereocenters. The van der Waals surface area contributed by atoms with Gasteiger partial charge in [-0.2, -0.15) is 0 Å². The molecule has 0 aliphatic heterocycles. The summed E-state index contributed by atoms with van der Waals surface area (Å²) in [7, 11) is 0. The van der Waals surface area contributed by atoms with Gasteiger partial charge in [-0.05, 0) is 32.3 Å². The van der Waals surface area contributed by atoms with E-state index in [9.17, 15) is 4.79 Å². The molecule has 0 saturated carbocycles. The van der Waals surface area contributed by atoms with Crippen LogP contribution in [0.1, 0.15) is 91.4 Å². The standard InChI is InChI=1S/C19H37NO2/c1-4-6-8-9-10-11-12-13-14-15-16-18(3)22-19(21)20-17-7-5-2/h15-16,18H,4-14,17H2,1-3H3,(H,20,21)/b16-15+. The number of unbranched alkanes of at least 4 members (excludes halogenated alkanes) is 9. The molecule has 0 rings (SSSR count). The Labute approximate surface area is 137 Å². The molecule has 0 aromatic rings. The summed E-state index contributed by atoms with van der Waals surface area (Å²) in [4.78, 5) is 11.4. The number of allylic oxidation sites excluding steroid dienone is 1. The maximum Gasteiger partial charge on any atom is 0.407 e. The van der Waals surface area contributed by atoms with Crippen molar-refractivity contribution >= 4 is 6.09 Å². The van der Waals surface area contributed by atoms with Crippen LogP contribution < -0.4 is 5.32 Å². The van der Waals surface area contributed by atoms with Crippen molar-refractivity contribution in [2.45, 2.75) is 97.5 Å². The molecule has 1 amide bonds. The second-order valence-corrected chi connectivity index (χ2v) is 6.08. The van der Waals surface area contributed by atoms with Crippen LogP contribution in [-0.4, -0.2) is 18.7 Å². The van der Waals surface area contributed by atoms with Crippen molar-refractivity contribution in [1.29, 1.82) is 0 Å². The Morgan fingerprint density at radius 3 is 2.18 bits per heavy atom. The zero-order chi connectivity index (χ0) is 16.5. The summed E-state index contributed by atoms with van der Waals surface area (Å²) >= 11 is 0. The second-order valence-electron chi connectivity index (χ2n) is 6.08. The lowest BCUT2D eigenvalue weighted by Crippen LogP contribution is -2.27. The fourth-order valence-corrected chi connectivity index (χ4v) is 2.30. The molecule has 0 radical (unpaired) electrons. The molecule has 1 unspecified atom stereocenters. The number of amides is 1. The van der Waals surface area contributed by atoms with Crippen molar-refractivity contribution in [3.8, 4) is 0 Å². The van der Waals surface area contributed by atoms with Crippen LogP contribution in [0.4, 0.5) is 4.79 Å². The first-order valence-electron chi connectivity index (χ1n) is 9.31. The van der Waals surface area contributed by atoms with E-state index in [-0.39, 0.29) is 12.2 Å². The van der Waals surface area contributed by atoms with Gasteiger partial charge in [0.1, 0.15) is 6.10 Å². The van der Waals surface area contributed by atoms with E-state index in [1.807, 2.05) is 13.0 Å². The third-order valence-corrected chi connectivity index (χ3v) is 3.72. The first kappa shape index (κ1) is 21.0. The predicted octanol–water partition coefficient (Wildman–Crippen LogP) is 5.99. The first-order valence-corrected chi connectivity index (χ1v) is 9.31. The van der Waals surface area contributed by atoms with Crippen LogP contribution in [0.5, 0.6) is 0 Å². The molecule has 0 saturated heterocycles. The van der Waals surface area contributed by atoms with Gasteiger partial charge in [0.25, 0.3) is 0 Å². The molecule has 3 nitrogen and oxygen atoms in total. The maximum absolute atomic E-state index is 11.4. The van der Waals surface area contributed by atoms with Crippen molar-refractivity contribution in [3.05, 3.63) is 12.2 Å². The van der Waals surface area contributed by atoms with Gasteiger partial charge >= 0.3 is 6.09 Å². The number of carbonyl (C=O) groups is 1. The van der Waals surface area contributed by atoms with Gasteiger partial charge in [-0.1, -0.05) is 71.3 Å². The van der Waals surface area contributed by atoms with Crippen LogP contribution in [0.3, 0.4) is 0 Å². The molecule has 0 aromatic carbocycles. The topological polar surface area (TPSA) is 38.3 Å². The normalized spacial score (nSPS) is 12.5. The molecule has 130 valence electrons. The van der Waals surface area contributed by atoms with Crippen LogP contribution in [-0.2, 0) is 4.74 Å². The van der Waals surface area contributed by atoms with Crippen LogP contribution in [0, 0.1) is 0 Å². The van der Waals surface area contributed by atoms with Gasteiger partial charge in [-0.25, -0.2) is 4.79 Å². The van der Waals surface area contributed by atoms with Crippen molar-refractivity contribution < 1.29 is 9.53 Å². The number of nitrogens with one attached hydrogen (secondary N) is 1. The summed E-state index contributed by atoms with van der Waals surface area (Å²) in [5.74, 6) is 0. The van der Waals surface area contributed by atoms with Gasteiger partial charge < -0.3 is 10.1 Å². The SMILES string of the molecule is CCCCCCCCCC/C=C/C(C)OC(=O)NCCCC. The molecule has 0 fully saturated rings. The number of rotatable bonds is 14. The lowest BCUT2D eigenvalue weighted by molar-refractivity contribution is 0.127. The maximum atomic E-state index is 11.4. The fourth-order valence-electron chi connectivity index (χ4n) is 2.30. The minimum atomic E-state index is -0.308. The largest absolute Gasteiger partial charge is 0.442 e. The van der Waals surface area contributed by atoms with Crippen molar-refractivity contribution in [1.82, 2.24) is 5.32 Å². The van der Waals surface area contributed by atoms with Crippen molar-refractivity contribution in [2.75, 3.05) is 6.54 Å². The molecule has 0 heterocycles. The van der Waals surface area contributed by atoms with Crippen LogP contribution in [0.15, 0.2) is 12.2 Å². The Balaban J connectivity index is 3.42. The highest BCUT2D eigenvalue weighted by Crippen LogP contribution is 2.10. The Morgan fingerprint density at radius 2 is 1.55 bits per heavy atom. The highest BCUT2D eigenvalue weighted by atomic mass is 16.6. The van der Waals surface area contributed by atoms with Gasteiger partial charge in [0.15, 0.2) is 0 Å². The zero-order valence-corrected chi connectivity index (χ0v) is 15.0. The molecular formula is C19H37NO2. The Bertz CT molecular complexity index is 277. The lowest BCUT2D eigenvalue weighted by atomic mass is 10.1. The lowest BCUT2D eigenvalue weighted by Gasteiger charge is -2.10. The number of ether oxygens (including phenoxy) is 1. The van der Waals surface area contributed by atoms with Gasteiger partial charge in [0.05, 0.1) is 0 Å². The van der Waals surface area contributed by atoms with Crippen LogP contribution in [0.25, 0.3) is 0 Å². The average molecular weight is 312 g/mol. The zero-order valence-electron chi connectivity index (χ0n) is 15.0. The third-order valence-electron chi connectivity index (χ3n) is 3.72. The van der Waals surface area contributed by atoms with E-state index in [0.717, 1.165) is 19.3 Å². The summed E-state index contributed by atoms with van der Waals surface area (Å²) in [5, 5.41) is 2.76. The molecule has 22 heavy (non-hydrogen) atoms. The van der Waals surface area contributed by atoms with Crippen molar-refractivity contribution in [2.24, 2.45) is 0 Å². The molecule has 0 aromatic heterocycles. The number of alkyl carbamates (subject to hydrolysis) is 1. The Morgan fingerprint density at radius 1 is 0.955 bits per heavy atom. The smallest absolute Gasteiger partial charge is 0.407 e. The highest BCUT2D eigenvalue weighted by Gasteiger charge is 2.04. The van der Waals surface area contributed by atoms with Crippen LogP contribution >= 0.6 is 0 Å². The summed E-state index contributed by atoms with van der Waals surface area (Å²) in [6.45, 7) is 6.96. The fraction of sp³-hybridized carbons (Fsp3) is 0.842. The van der Waals surface area contributed by atoms with Gasteiger partial charge in [0.2, 0.25) is 0 Å². The van der Waals surface area contributed by atoms with Crippen molar-refractivity contribution in [3.63, 3.8) is 0 Å². The van der Waals surface area contributed by atoms with E-state index in [2.05, 4.69) is 25.2 Å². The van der Waals surface area contributed by atoms with Gasteiger partial charge in [-0.15, -0.1) is 0 Å². The van der Waals surface area contributed by atoms with Gasteiger partial charge in [0, 0.05) is 6.54 Å². The van der Waals surface area contributed by atoms with Crippen LogP contribution in [0.2, 0.25) is 0 Å². The number of carbonyl (C=O) groups excluding carboxylic acids is 1. The summed E-state index contributed by atoms with van der Waals surface area (Å²) in [5.41, 5.74) is 0. The number of hydrogen-bond donors (Lipinski definition) is 1. The average Bonchev–Trinajstić information content (AvgIpc) is 2.49. The minimum absolute atomic E-state index is 0.143. The van der Waals surface area contributed by atoms with E-state index < -0.39 is 0 Å². The molecule has 1 N–H and O–H groups in total. The van der Waals surface area contributed by atoms with Gasteiger partial charge in [-0.3, -0.25) is 0 Å². The third kappa shape index (κ3) is 15.4. The Kier molecular flexibility index (Phi) is 15.6. The van der Waals surface area contributed by atoms with E-state index >= 15 is 0 Å². The van der Waals surface area contributed by atoms with E-state index in [1.165, 1.54) is 51.4 Å². The Hall–Kier alpha value is -0.990. The second kappa shape index (κ2) is 16.4. The molecule has 0 spiro atoms. The molecule has 0 bridgehead atoms. The van der Waals surface area contributed by atoms with E-state index in [4.69, 9.17) is 4.74 Å². The predicted molar refractivity (Wildman–Crippen MR) is 95.2 cm³/mol. The monoisotopic (exact) mass is 311 g/mol. The number of hydrogen-bond acceptors (Lipinski definition) is 2. The molecular weight excluding hydrogens is 274 g/mol. The highest BCUT2D eigenvalue weighted by molar-refractivity contribution is 5.67. The summed E-state index contributed by atoms with van der Waals surface area (Å²) < 4.78 is 5.24. The molecule has 3 heteroatoms. The minimum Gasteiger partial charge on any atom is -0.442 e. The first-order chi connectivity index (χ1) is 10.7. The van der Waals surface area contributed by atoms with E-state index in [0.29, 0.717) is 6.54 Å².